The van der Waals surface area contributed by atoms with Gasteiger partial charge in [-0.15, -0.1) is 0 Å². The van der Waals surface area contributed by atoms with Crippen LogP contribution in [-0.2, 0) is 0 Å². The van der Waals surface area contributed by atoms with Crippen molar-refractivity contribution in [2.24, 2.45) is 0 Å². The molecule has 0 fully saturated rings. The number of aromatic carboxylic acids is 1. The molecule has 1 aromatic rings. The van der Waals surface area contributed by atoms with Crippen molar-refractivity contribution < 1.29 is 18.7 Å². The zero-order chi connectivity index (χ0) is 17.5. The molecule has 1 aromatic carbocycles. The maximum atomic E-state index is 13.8. The lowest BCUT2D eigenvalue weighted by Gasteiger charge is -2.16. The number of rotatable bonds is 8. The summed E-state index contributed by atoms with van der Waals surface area (Å²) in [5.74, 6) is -3.63. The van der Waals surface area contributed by atoms with Crippen LogP contribution in [0.3, 0.4) is 0 Å². The maximum Gasteiger partial charge on any atom is 0.341 e. The third-order valence-electron chi connectivity index (χ3n) is 4.46. The Morgan fingerprint density at radius 2 is 1.71 bits per heavy atom. The van der Waals surface area contributed by atoms with Gasteiger partial charge in [-0.25, -0.2) is 13.6 Å². The van der Waals surface area contributed by atoms with E-state index in [0.29, 0.717) is 5.56 Å². The first-order chi connectivity index (χ1) is 11.5. The molecule has 130 valence electrons. The Balaban J connectivity index is 2.02. The molecule has 0 bridgehead atoms. The van der Waals surface area contributed by atoms with Crippen LogP contribution in [0.25, 0.3) is 5.57 Å². The lowest BCUT2D eigenvalue weighted by atomic mass is 9.90. The number of halogens is 2. The number of carbonyl (C=O) groups is 1. The molecule has 1 aliphatic carbocycles. The van der Waals surface area contributed by atoms with Gasteiger partial charge in [-0.2, -0.15) is 0 Å². The maximum absolute atomic E-state index is 13.8. The van der Waals surface area contributed by atoms with E-state index in [4.69, 9.17) is 5.11 Å². The number of hydrogen-bond acceptors (Lipinski definition) is 1. The second-order valence-electron chi connectivity index (χ2n) is 6.30. The van der Waals surface area contributed by atoms with Gasteiger partial charge in [0.1, 0.15) is 17.2 Å². The van der Waals surface area contributed by atoms with Crippen LogP contribution in [0.5, 0.6) is 0 Å². The Kier molecular flexibility index (Phi) is 6.71. The topological polar surface area (TPSA) is 37.3 Å². The molecule has 2 nitrogen and oxygen atoms in total. The minimum Gasteiger partial charge on any atom is -0.477 e. The van der Waals surface area contributed by atoms with Crippen molar-refractivity contribution in [3.63, 3.8) is 0 Å². The molecule has 2 rings (SSSR count). The fourth-order valence-electron chi connectivity index (χ4n) is 3.05. The molecule has 0 aromatic heterocycles. The van der Waals surface area contributed by atoms with E-state index in [-0.39, 0.29) is 0 Å². The zero-order valence-electron chi connectivity index (χ0n) is 14.1. The molecule has 1 aliphatic rings. The molecule has 24 heavy (non-hydrogen) atoms. The summed E-state index contributed by atoms with van der Waals surface area (Å²) in [6, 6.07) is 2.23. The number of unbranched alkanes of at least 4 members (excludes halogenated alkanes) is 4. The summed E-state index contributed by atoms with van der Waals surface area (Å²) in [5.41, 5.74) is 1.75. The van der Waals surface area contributed by atoms with Crippen molar-refractivity contribution in [1.29, 1.82) is 0 Å². The summed E-state index contributed by atoms with van der Waals surface area (Å²) >= 11 is 0. The van der Waals surface area contributed by atoms with E-state index in [2.05, 4.69) is 6.92 Å². The number of allylic oxidation sites excluding steroid dienone is 4. The lowest BCUT2D eigenvalue weighted by molar-refractivity contribution is 0.0686. The van der Waals surface area contributed by atoms with Crippen LogP contribution in [-0.4, -0.2) is 11.1 Å². The average Bonchev–Trinajstić information content (AvgIpc) is 2.54. The number of hydrogen-bond donors (Lipinski definition) is 1. The van der Waals surface area contributed by atoms with Crippen molar-refractivity contribution in [2.75, 3.05) is 0 Å². The van der Waals surface area contributed by atoms with Crippen LogP contribution in [0.2, 0.25) is 0 Å². The van der Waals surface area contributed by atoms with Crippen LogP contribution in [0.4, 0.5) is 8.78 Å². The lowest BCUT2D eigenvalue weighted by Crippen LogP contribution is -2.06. The molecule has 0 aliphatic heterocycles. The van der Waals surface area contributed by atoms with Crippen LogP contribution in [0, 0.1) is 11.6 Å². The van der Waals surface area contributed by atoms with E-state index >= 15 is 0 Å². The third-order valence-corrected chi connectivity index (χ3v) is 4.46. The van der Waals surface area contributed by atoms with Crippen LogP contribution >= 0.6 is 0 Å². The van der Waals surface area contributed by atoms with E-state index < -0.39 is 23.2 Å². The minimum atomic E-state index is -1.58. The predicted molar refractivity (Wildman–Crippen MR) is 92.0 cm³/mol. The first kappa shape index (κ1) is 18.4. The van der Waals surface area contributed by atoms with Gasteiger partial charge in [-0.1, -0.05) is 50.3 Å². The highest BCUT2D eigenvalue weighted by Crippen LogP contribution is 2.30. The molecule has 0 saturated heterocycles. The van der Waals surface area contributed by atoms with Gasteiger partial charge >= 0.3 is 5.97 Å². The van der Waals surface area contributed by atoms with Crippen molar-refractivity contribution in [3.05, 3.63) is 52.6 Å². The molecule has 0 saturated carbocycles. The smallest absolute Gasteiger partial charge is 0.341 e. The highest BCUT2D eigenvalue weighted by molar-refractivity contribution is 5.89. The van der Waals surface area contributed by atoms with Crippen molar-refractivity contribution in [2.45, 2.75) is 58.3 Å². The van der Waals surface area contributed by atoms with E-state index in [9.17, 15) is 13.6 Å². The molecular weight excluding hydrogens is 310 g/mol. The molecule has 0 atom stereocenters. The molecule has 0 amide bonds. The summed E-state index contributed by atoms with van der Waals surface area (Å²) < 4.78 is 27.6. The van der Waals surface area contributed by atoms with E-state index in [1.807, 2.05) is 12.2 Å². The third kappa shape index (κ3) is 4.76. The molecule has 0 unspecified atom stereocenters. The molecule has 1 N–H and O–H groups in total. The first-order valence-corrected chi connectivity index (χ1v) is 8.64. The monoisotopic (exact) mass is 334 g/mol. The zero-order valence-corrected chi connectivity index (χ0v) is 14.1. The first-order valence-electron chi connectivity index (χ1n) is 8.64. The fraction of sp³-hybridized carbons (Fsp3) is 0.450. The van der Waals surface area contributed by atoms with Crippen molar-refractivity contribution >= 4 is 11.5 Å². The fourth-order valence-corrected chi connectivity index (χ4v) is 3.05. The van der Waals surface area contributed by atoms with Gasteiger partial charge in [-0.3, -0.25) is 0 Å². The van der Waals surface area contributed by atoms with Crippen LogP contribution in [0.15, 0.2) is 29.9 Å². The van der Waals surface area contributed by atoms with E-state index in [1.165, 1.54) is 37.7 Å². The Labute approximate surface area is 141 Å². The minimum absolute atomic E-state index is 0.424. The average molecular weight is 334 g/mol. The van der Waals surface area contributed by atoms with Gasteiger partial charge in [0.15, 0.2) is 0 Å². The summed E-state index contributed by atoms with van der Waals surface area (Å²) in [7, 11) is 0. The largest absolute Gasteiger partial charge is 0.477 e. The van der Waals surface area contributed by atoms with Gasteiger partial charge in [0.2, 0.25) is 0 Å². The second-order valence-corrected chi connectivity index (χ2v) is 6.30. The van der Waals surface area contributed by atoms with Gasteiger partial charge < -0.3 is 5.11 Å². The van der Waals surface area contributed by atoms with Gasteiger partial charge in [0.05, 0.1) is 0 Å². The second kappa shape index (κ2) is 8.76. The predicted octanol–water partition coefficient (Wildman–Crippen LogP) is 6.13. The van der Waals surface area contributed by atoms with Gasteiger partial charge in [0.25, 0.3) is 0 Å². The molecule has 0 radical (unpaired) electrons. The van der Waals surface area contributed by atoms with Crippen molar-refractivity contribution in [1.82, 2.24) is 0 Å². The Bertz CT molecular complexity index is 637. The molecular formula is C20H24F2O2. The van der Waals surface area contributed by atoms with Gasteiger partial charge in [0, 0.05) is 0 Å². The Morgan fingerprint density at radius 1 is 1.04 bits per heavy atom. The summed E-state index contributed by atoms with van der Waals surface area (Å²) in [6.45, 7) is 2.20. The molecule has 0 heterocycles. The highest BCUT2D eigenvalue weighted by atomic mass is 19.1. The number of carboxylic acids is 1. The van der Waals surface area contributed by atoms with Gasteiger partial charge in [-0.05, 0) is 49.0 Å². The molecule has 4 heteroatoms. The summed E-state index contributed by atoms with van der Waals surface area (Å²) in [6.07, 6.45) is 12.9. The highest BCUT2D eigenvalue weighted by Gasteiger charge is 2.19. The number of carboxylic acid groups (broad SMARTS) is 1. The Morgan fingerprint density at radius 3 is 2.25 bits per heavy atom. The SMILES string of the molecule is CCCCCCCC1=CC=C(c2cc(F)c(C(=O)O)c(F)c2)CC1. The van der Waals surface area contributed by atoms with Crippen molar-refractivity contribution in [3.8, 4) is 0 Å². The number of benzene rings is 1. The van der Waals surface area contributed by atoms with E-state index in [1.54, 1.807) is 0 Å². The standard InChI is InChI=1S/C20H24F2O2/c1-2-3-4-5-6-7-14-8-10-15(11-9-14)16-12-17(21)19(20(23)24)18(22)13-16/h8,10,12-13H,2-7,9,11H2,1H3,(H,23,24). The van der Waals surface area contributed by atoms with Crippen LogP contribution in [0.1, 0.15) is 74.2 Å². The summed E-state index contributed by atoms with van der Waals surface area (Å²) in [4.78, 5) is 10.8. The van der Waals surface area contributed by atoms with E-state index in [0.717, 1.165) is 37.0 Å². The summed E-state index contributed by atoms with van der Waals surface area (Å²) in [5, 5.41) is 8.81. The normalized spacial score (nSPS) is 14.3. The molecule has 0 spiro atoms. The Hall–Kier alpha value is -1.97. The quantitative estimate of drug-likeness (QED) is 0.581. The van der Waals surface area contributed by atoms with Crippen LogP contribution < -0.4 is 0 Å².